The Hall–Kier alpha value is -1.62. The Morgan fingerprint density at radius 2 is 2.44 bits per heavy atom. The third-order valence-corrected chi connectivity index (χ3v) is 2.81. The summed E-state index contributed by atoms with van der Waals surface area (Å²) in [5, 5.41) is 6.53. The molecule has 0 bridgehead atoms. The van der Waals surface area contributed by atoms with Gasteiger partial charge in [-0.15, -0.1) is 0 Å². The molecule has 0 spiro atoms. The molecule has 0 amide bonds. The van der Waals surface area contributed by atoms with E-state index in [0.29, 0.717) is 18.4 Å². The molecular weight excluding hydrogens is 228 g/mol. The Morgan fingerprint density at radius 1 is 1.50 bits per heavy atom. The minimum Gasteiger partial charge on any atom is -0.478 e. The highest BCUT2D eigenvalue weighted by Gasteiger charge is 2.03. The van der Waals surface area contributed by atoms with E-state index in [-0.39, 0.29) is 0 Å². The number of ether oxygens (including phenoxy) is 1. The van der Waals surface area contributed by atoms with Crippen molar-refractivity contribution < 1.29 is 4.74 Å². The predicted molar refractivity (Wildman–Crippen MR) is 71.9 cm³/mol. The first-order valence-electron chi connectivity index (χ1n) is 6.47. The maximum Gasteiger partial charge on any atom is 0.225 e. The van der Waals surface area contributed by atoms with Gasteiger partial charge in [0.05, 0.1) is 6.61 Å². The van der Waals surface area contributed by atoms with Gasteiger partial charge in [0.2, 0.25) is 11.8 Å². The van der Waals surface area contributed by atoms with Crippen molar-refractivity contribution in [1.82, 2.24) is 15.3 Å². The smallest absolute Gasteiger partial charge is 0.225 e. The average molecular weight is 248 g/mol. The molecule has 0 radical (unpaired) electrons. The van der Waals surface area contributed by atoms with Gasteiger partial charge in [-0.2, -0.15) is 4.98 Å². The summed E-state index contributed by atoms with van der Waals surface area (Å²) in [6.45, 7) is 5.50. The summed E-state index contributed by atoms with van der Waals surface area (Å²) in [7, 11) is 0. The first-order valence-corrected chi connectivity index (χ1v) is 6.47. The van der Waals surface area contributed by atoms with Crippen LogP contribution in [0.5, 0.6) is 5.88 Å². The van der Waals surface area contributed by atoms with Gasteiger partial charge in [0.15, 0.2) is 0 Å². The molecule has 0 aliphatic carbocycles. The number of rotatable bonds is 6. The lowest BCUT2D eigenvalue weighted by atomic mass is 10.1. The highest BCUT2D eigenvalue weighted by atomic mass is 16.5. The van der Waals surface area contributed by atoms with E-state index in [0.717, 1.165) is 32.5 Å². The van der Waals surface area contributed by atoms with Crippen LogP contribution < -0.4 is 15.4 Å². The molecule has 0 saturated carbocycles. The second-order valence-electron chi connectivity index (χ2n) is 4.14. The summed E-state index contributed by atoms with van der Waals surface area (Å²) >= 11 is 0. The Labute approximate surface area is 108 Å². The van der Waals surface area contributed by atoms with Crippen LogP contribution in [-0.2, 0) is 0 Å². The second-order valence-corrected chi connectivity index (χ2v) is 4.14. The van der Waals surface area contributed by atoms with Crippen LogP contribution in [0, 0.1) is 0 Å². The van der Waals surface area contributed by atoms with Crippen LogP contribution in [0.3, 0.4) is 0 Å². The molecular formula is C13H20N4O. The van der Waals surface area contributed by atoms with Crippen LogP contribution in [0.4, 0.5) is 5.95 Å². The van der Waals surface area contributed by atoms with Gasteiger partial charge in [-0.3, -0.25) is 0 Å². The van der Waals surface area contributed by atoms with Crippen LogP contribution in [-0.4, -0.2) is 36.2 Å². The zero-order chi connectivity index (χ0) is 12.6. The van der Waals surface area contributed by atoms with Crippen molar-refractivity contribution in [2.45, 2.75) is 19.8 Å². The SMILES string of the molecule is CCOc1ccnc(NCCC2=CCNCC2)n1. The number of nitrogens with one attached hydrogen (secondary N) is 2. The average Bonchev–Trinajstić information content (AvgIpc) is 2.41. The van der Waals surface area contributed by atoms with Gasteiger partial charge in [-0.05, 0) is 26.3 Å². The van der Waals surface area contributed by atoms with Gasteiger partial charge < -0.3 is 15.4 Å². The molecule has 1 aromatic rings. The largest absolute Gasteiger partial charge is 0.478 e. The summed E-state index contributed by atoms with van der Waals surface area (Å²) in [6, 6.07) is 1.77. The lowest BCUT2D eigenvalue weighted by Gasteiger charge is -2.14. The minimum atomic E-state index is 0.621. The van der Waals surface area contributed by atoms with Crippen LogP contribution in [0.2, 0.25) is 0 Å². The van der Waals surface area contributed by atoms with Gasteiger partial charge in [0.25, 0.3) is 0 Å². The Balaban J connectivity index is 1.78. The van der Waals surface area contributed by atoms with E-state index in [9.17, 15) is 0 Å². The van der Waals surface area contributed by atoms with Crippen LogP contribution in [0.25, 0.3) is 0 Å². The van der Waals surface area contributed by atoms with Gasteiger partial charge in [-0.1, -0.05) is 11.6 Å². The highest BCUT2D eigenvalue weighted by molar-refractivity contribution is 5.27. The maximum atomic E-state index is 5.33. The van der Waals surface area contributed by atoms with Crippen molar-refractivity contribution in [3.05, 3.63) is 23.9 Å². The maximum absolute atomic E-state index is 5.33. The lowest BCUT2D eigenvalue weighted by Crippen LogP contribution is -2.21. The topological polar surface area (TPSA) is 59.1 Å². The number of hydrogen-bond acceptors (Lipinski definition) is 5. The standard InChI is InChI=1S/C13H20N4O/c1-2-18-12-6-10-16-13(17-12)15-9-5-11-3-7-14-8-4-11/h3,6,10,14H,2,4-5,7-9H2,1H3,(H,15,16,17). The van der Waals surface area contributed by atoms with E-state index in [2.05, 4.69) is 26.7 Å². The second kappa shape index (κ2) is 6.96. The van der Waals surface area contributed by atoms with E-state index in [1.165, 1.54) is 5.57 Å². The van der Waals surface area contributed by atoms with Crippen molar-refractivity contribution in [2.24, 2.45) is 0 Å². The minimum absolute atomic E-state index is 0.621. The number of aromatic nitrogens is 2. The Kier molecular flexibility index (Phi) is 4.96. The fraction of sp³-hybridized carbons (Fsp3) is 0.538. The van der Waals surface area contributed by atoms with Gasteiger partial charge in [0, 0.05) is 25.4 Å². The Morgan fingerprint density at radius 3 is 3.22 bits per heavy atom. The molecule has 98 valence electrons. The van der Waals surface area contributed by atoms with E-state index in [1.54, 1.807) is 12.3 Å². The first kappa shape index (κ1) is 12.8. The van der Waals surface area contributed by atoms with E-state index in [1.807, 2.05) is 6.92 Å². The molecule has 0 saturated heterocycles. The van der Waals surface area contributed by atoms with E-state index >= 15 is 0 Å². The van der Waals surface area contributed by atoms with Gasteiger partial charge >= 0.3 is 0 Å². The number of nitrogens with zero attached hydrogens (tertiary/aromatic N) is 2. The third-order valence-electron chi connectivity index (χ3n) is 2.81. The summed E-state index contributed by atoms with van der Waals surface area (Å²) < 4.78 is 5.33. The third kappa shape index (κ3) is 4.00. The summed E-state index contributed by atoms with van der Waals surface area (Å²) in [6.07, 6.45) is 6.16. The monoisotopic (exact) mass is 248 g/mol. The van der Waals surface area contributed by atoms with E-state index < -0.39 is 0 Å². The molecule has 18 heavy (non-hydrogen) atoms. The zero-order valence-corrected chi connectivity index (χ0v) is 10.8. The van der Waals surface area contributed by atoms with Crippen LogP contribution >= 0.6 is 0 Å². The predicted octanol–water partition coefficient (Wildman–Crippen LogP) is 1.60. The molecule has 1 aromatic heterocycles. The van der Waals surface area contributed by atoms with Crippen molar-refractivity contribution in [1.29, 1.82) is 0 Å². The quantitative estimate of drug-likeness (QED) is 0.749. The molecule has 0 aromatic carbocycles. The molecule has 1 aliphatic rings. The van der Waals surface area contributed by atoms with Crippen molar-refractivity contribution in [2.75, 3.05) is 31.6 Å². The molecule has 2 N–H and O–H groups in total. The Bertz CT molecular complexity index is 406. The molecule has 2 rings (SSSR count). The summed E-state index contributed by atoms with van der Waals surface area (Å²) in [5.41, 5.74) is 1.50. The molecule has 0 fully saturated rings. The molecule has 1 aliphatic heterocycles. The molecule has 2 heterocycles. The first-order chi connectivity index (χ1) is 8.88. The summed E-state index contributed by atoms with van der Waals surface area (Å²) in [4.78, 5) is 8.44. The number of anilines is 1. The van der Waals surface area contributed by atoms with Crippen molar-refractivity contribution in [3.8, 4) is 5.88 Å². The fourth-order valence-corrected chi connectivity index (χ4v) is 1.89. The molecule has 0 atom stereocenters. The normalized spacial score (nSPS) is 15.1. The van der Waals surface area contributed by atoms with Gasteiger partial charge in [-0.25, -0.2) is 4.98 Å². The molecule has 5 nitrogen and oxygen atoms in total. The van der Waals surface area contributed by atoms with Crippen LogP contribution in [0.1, 0.15) is 19.8 Å². The van der Waals surface area contributed by atoms with Crippen molar-refractivity contribution >= 4 is 5.95 Å². The molecule has 5 heteroatoms. The van der Waals surface area contributed by atoms with Gasteiger partial charge in [0.1, 0.15) is 0 Å². The zero-order valence-electron chi connectivity index (χ0n) is 10.8. The lowest BCUT2D eigenvalue weighted by molar-refractivity contribution is 0.326. The van der Waals surface area contributed by atoms with E-state index in [4.69, 9.17) is 4.74 Å². The van der Waals surface area contributed by atoms with Crippen molar-refractivity contribution in [3.63, 3.8) is 0 Å². The fourth-order valence-electron chi connectivity index (χ4n) is 1.89. The number of hydrogen-bond donors (Lipinski definition) is 2. The summed E-state index contributed by atoms with van der Waals surface area (Å²) in [5.74, 6) is 1.26. The van der Waals surface area contributed by atoms with Crippen LogP contribution in [0.15, 0.2) is 23.9 Å². The molecule has 0 unspecified atom stereocenters. The highest BCUT2D eigenvalue weighted by Crippen LogP contribution is 2.11.